The summed E-state index contributed by atoms with van der Waals surface area (Å²) in [5.74, 6) is -8.84. The largest absolute Gasteiger partial charge is 0.460 e. The molecule has 3 aromatic rings. The molecule has 3 aromatic carbocycles. The molecule has 66 heavy (non-hydrogen) atoms. The maximum absolute atomic E-state index is 15.3. The number of aliphatic hydroxyl groups excluding tert-OH is 1. The second-order valence-corrected chi connectivity index (χ2v) is 25.7. The molecular formula is C51H63NO13Si. The number of ether oxygens (including phenoxy) is 4. The van der Waals surface area contributed by atoms with Crippen molar-refractivity contribution < 1.29 is 62.4 Å². The number of Topliss-reactive ketones (excluding diaryl/α,β-unsaturated/α-hetero) is 2. The van der Waals surface area contributed by atoms with Crippen LogP contribution in [0.15, 0.2) is 91.0 Å². The monoisotopic (exact) mass is 925 g/mol. The van der Waals surface area contributed by atoms with E-state index in [2.05, 4.69) is 5.32 Å². The van der Waals surface area contributed by atoms with Crippen LogP contribution in [0.4, 0.5) is 0 Å². The molecule has 354 valence electrons. The molecular weight excluding hydrogens is 863 g/mol. The van der Waals surface area contributed by atoms with Crippen LogP contribution in [0.2, 0.25) is 18.1 Å². The third kappa shape index (κ3) is 8.14. The predicted octanol–water partition coefficient (Wildman–Crippen LogP) is 6.34. The molecule has 2 bridgehead atoms. The average molecular weight is 926 g/mol. The first-order chi connectivity index (χ1) is 30.8. The first-order valence-corrected chi connectivity index (χ1v) is 25.6. The molecule has 3 aliphatic carbocycles. The van der Waals surface area contributed by atoms with Crippen LogP contribution in [0.25, 0.3) is 0 Å². The number of hydrogen-bond acceptors (Lipinski definition) is 13. The number of carbonyl (C=O) groups is 6. The summed E-state index contributed by atoms with van der Waals surface area (Å²) in [5.41, 5.74) is -6.76. The van der Waals surface area contributed by atoms with E-state index in [9.17, 15) is 24.6 Å². The lowest BCUT2D eigenvalue weighted by atomic mass is 9.42. The highest BCUT2D eigenvalue weighted by molar-refractivity contribution is 6.74. The number of rotatable bonds is 11. The molecule has 1 heterocycles. The second kappa shape index (κ2) is 17.5. The summed E-state index contributed by atoms with van der Waals surface area (Å²) in [5, 5.41) is 28.4. The molecule has 12 atom stereocenters. The molecule has 15 heteroatoms. The highest BCUT2D eigenvalue weighted by Crippen LogP contribution is 2.64. The maximum Gasteiger partial charge on any atom is 0.338 e. The normalized spacial score (nSPS) is 32.4. The van der Waals surface area contributed by atoms with Crippen LogP contribution in [0, 0.1) is 28.6 Å². The number of ketones is 2. The first kappa shape index (κ1) is 48.9. The van der Waals surface area contributed by atoms with Gasteiger partial charge in [0.1, 0.15) is 23.9 Å². The summed E-state index contributed by atoms with van der Waals surface area (Å²) in [7, 11) is -2.90. The average Bonchev–Trinajstić information content (AvgIpc) is 3.26. The van der Waals surface area contributed by atoms with E-state index in [1.807, 2.05) is 33.9 Å². The van der Waals surface area contributed by atoms with Crippen molar-refractivity contribution >= 4 is 43.7 Å². The summed E-state index contributed by atoms with van der Waals surface area (Å²) in [6.07, 6.45) is -7.78. The van der Waals surface area contributed by atoms with Gasteiger partial charge in [-0.15, -0.1) is 0 Å². The Morgan fingerprint density at radius 1 is 0.864 bits per heavy atom. The third-order valence-corrected chi connectivity index (χ3v) is 20.2. The Hall–Kier alpha value is -5.06. The number of benzene rings is 3. The van der Waals surface area contributed by atoms with Gasteiger partial charge in [0.2, 0.25) is 11.6 Å². The lowest BCUT2D eigenvalue weighted by Crippen LogP contribution is -2.82. The molecule has 4 aliphatic rings. The van der Waals surface area contributed by atoms with Gasteiger partial charge in [-0.05, 0) is 54.9 Å². The molecule has 2 unspecified atom stereocenters. The topological polar surface area (TPSA) is 201 Å². The number of esters is 3. The maximum atomic E-state index is 15.3. The van der Waals surface area contributed by atoms with E-state index in [4.69, 9.17) is 23.4 Å². The van der Waals surface area contributed by atoms with Crippen LogP contribution in [-0.4, -0.2) is 102 Å². The molecule has 0 radical (unpaired) electrons. The minimum atomic E-state index is -2.90. The third-order valence-electron chi connectivity index (χ3n) is 15.7. The van der Waals surface area contributed by atoms with Crippen molar-refractivity contribution in [2.45, 2.75) is 134 Å². The Morgan fingerprint density at radius 2 is 1.42 bits per heavy atom. The summed E-state index contributed by atoms with van der Waals surface area (Å²) in [4.78, 5) is 87.0. The number of hydrogen-bond donors (Lipinski definition) is 3. The van der Waals surface area contributed by atoms with Crippen LogP contribution in [0.5, 0.6) is 0 Å². The Morgan fingerprint density at radius 3 is 1.95 bits per heavy atom. The molecule has 3 N–H and O–H groups in total. The SMILES string of the molecule is CC(=O)O[C@@]12CO[C@@H]1C[C@H](O)[C@@]1(C)C(=O)C(=O)C3C(C)[C@@H](OC(=O)[C@H](O[Si](C)(C)C(C)(C)C)[C@@H](NC(=O)c4ccccc4)c4ccccc4)C[C@@](O)([C@@H](OC(=O)c4ccccc4)[C@H]21)C3(C)C. The van der Waals surface area contributed by atoms with E-state index >= 15 is 14.4 Å². The molecule has 14 nitrogen and oxygen atoms in total. The van der Waals surface area contributed by atoms with Crippen molar-refractivity contribution in [1.82, 2.24) is 5.32 Å². The minimum Gasteiger partial charge on any atom is -0.460 e. The smallest absolute Gasteiger partial charge is 0.338 e. The first-order valence-electron chi connectivity index (χ1n) is 22.7. The molecule has 3 saturated carbocycles. The fraction of sp³-hybridized carbons (Fsp3) is 0.529. The van der Waals surface area contributed by atoms with Gasteiger partial charge in [-0.1, -0.05) is 108 Å². The van der Waals surface area contributed by atoms with Crippen molar-refractivity contribution in [3.05, 3.63) is 108 Å². The van der Waals surface area contributed by atoms with E-state index in [-0.39, 0.29) is 18.6 Å². The summed E-state index contributed by atoms with van der Waals surface area (Å²) in [6, 6.07) is 24.3. The second-order valence-electron chi connectivity index (χ2n) is 20.9. The van der Waals surface area contributed by atoms with Gasteiger partial charge in [0, 0.05) is 42.6 Å². The van der Waals surface area contributed by atoms with E-state index in [1.54, 1.807) is 99.6 Å². The van der Waals surface area contributed by atoms with Gasteiger partial charge >= 0.3 is 17.9 Å². The van der Waals surface area contributed by atoms with Crippen LogP contribution in [0.1, 0.15) is 101 Å². The quantitative estimate of drug-likeness (QED) is 0.0834. The lowest BCUT2D eigenvalue weighted by molar-refractivity contribution is -0.350. The van der Waals surface area contributed by atoms with E-state index in [1.165, 1.54) is 26.0 Å². The molecule has 1 saturated heterocycles. The van der Waals surface area contributed by atoms with E-state index in [0.29, 0.717) is 11.1 Å². The molecule has 4 fully saturated rings. The molecule has 0 spiro atoms. The Kier molecular flexibility index (Phi) is 13.0. The van der Waals surface area contributed by atoms with Gasteiger partial charge in [0.25, 0.3) is 5.91 Å². The van der Waals surface area contributed by atoms with Crippen LogP contribution in [-0.2, 0) is 42.6 Å². The standard InChI is InChI=1S/C51H63NO13Si/c1-29-34(62-46(59)40(65-66(9,10)47(3,4)5)38(31-20-14-11-15-21-31)52-44(57)32-22-16-12-17-23-32)27-51(60)43(63-45(58)33-24-18-13-19-25-33)41-49(8,42(56)39(55)37(29)48(51,6)7)35(54)26-36-50(41,28-61-36)64-30(2)53/h11-25,29,34-38,40-41,43,54,60H,26-28H2,1-10H3,(H,52,57)/t29?,34-,35-,36+,37?,38-,40+,41-,43-,49+,50-,51+/m0/s1. The summed E-state index contributed by atoms with van der Waals surface area (Å²) >= 11 is 0. The highest BCUT2D eigenvalue weighted by atomic mass is 28.4. The van der Waals surface area contributed by atoms with Gasteiger partial charge in [-0.2, -0.15) is 0 Å². The minimum absolute atomic E-state index is 0.100. The Bertz CT molecular complexity index is 2350. The van der Waals surface area contributed by atoms with Crippen LogP contribution in [0.3, 0.4) is 0 Å². The van der Waals surface area contributed by atoms with E-state index < -0.39 is 132 Å². The van der Waals surface area contributed by atoms with Crippen molar-refractivity contribution in [3.8, 4) is 0 Å². The zero-order valence-corrected chi connectivity index (χ0v) is 40.4. The number of fused-ring (bicyclic) bond motifs is 5. The molecule has 7 rings (SSSR count). The van der Waals surface area contributed by atoms with Crippen molar-refractivity contribution in [2.75, 3.05) is 6.61 Å². The zero-order chi connectivity index (χ0) is 48.4. The Labute approximate surface area is 387 Å². The van der Waals surface area contributed by atoms with E-state index in [0.717, 1.165) is 0 Å². The number of amides is 1. The van der Waals surface area contributed by atoms with Gasteiger partial charge < -0.3 is 38.9 Å². The molecule has 1 amide bonds. The van der Waals surface area contributed by atoms with Gasteiger partial charge in [-0.25, -0.2) is 9.59 Å². The number of carbonyl (C=O) groups excluding carboxylic acids is 6. The molecule has 0 aromatic heterocycles. The Balaban J connectivity index is 1.38. The fourth-order valence-corrected chi connectivity index (χ4v) is 12.1. The predicted molar refractivity (Wildman–Crippen MR) is 243 cm³/mol. The summed E-state index contributed by atoms with van der Waals surface area (Å²) in [6.45, 7) is 17.1. The van der Waals surface area contributed by atoms with Crippen LogP contribution >= 0.6 is 0 Å². The van der Waals surface area contributed by atoms with Crippen molar-refractivity contribution in [1.29, 1.82) is 0 Å². The summed E-state index contributed by atoms with van der Waals surface area (Å²) < 4.78 is 31.9. The van der Waals surface area contributed by atoms with Gasteiger partial charge in [0.15, 0.2) is 20.0 Å². The molecule has 1 aliphatic heterocycles. The highest BCUT2D eigenvalue weighted by Gasteiger charge is 2.79. The van der Waals surface area contributed by atoms with Crippen LogP contribution < -0.4 is 5.32 Å². The number of aliphatic hydroxyl groups is 2. The zero-order valence-electron chi connectivity index (χ0n) is 39.4. The van der Waals surface area contributed by atoms with Crippen molar-refractivity contribution in [2.24, 2.45) is 28.6 Å². The van der Waals surface area contributed by atoms with Gasteiger partial charge in [0.05, 0.1) is 35.6 Å². The van der Waals surface area contributed by atoms with Gasteiger partial charge in [-0.3, -0.25) is 19.2 Å². The van der Waals surface area contributed by atoms with Crippen molar-refractivity contribution in [3.63, 3.8) is 0 Å². The number of nitrogens with one attached hydrogen (secondary N) is 1. The fourth-order valence-electron chi connectivity index (χ4n) is 10.8. The lowest BCUT2D eigenvalue weighted by Gasteiger charge is -2.67.